The van der Waals surface area contributed by atoms with Crippen LogP contribution in [0.15, 0.2) is 48.2 Å². The van der Waals surface area contributed by atoms with Gasteiger partial charge in [-0.25, -0.2) is 9.18 Å². The third-order valence-corrected chi connectivity index (χ3v) is 5.37. The normalized spacial score (nSPS) is 14.5. The average molecular weight is 432 g/mol. The quantitative estimate of drug-likeness (QED) is 0.519. The second kappa shape index (κ2) is 10.3. The van der Waals surface area contributed by atoms with E-state index in [1.807, 2.05) is 0 Å². The Morgan fingerprint density at radius 1 is 1.17 bits per heavy atom. The largest absolute Gasteiger partial charge is 0.477 e. The third kappa shape index (κ3) is 6.32. The Kier molecular flexibility index (Phi) is 7.46. The Labute approximate surface area is 179 Å². The van der Waals surface area contributed by atoms with Crippen LogP contribution in [0.3, 0.4) is 0 Å². The molecular weight excluding hydrogens is 409 g/mol. The van der Waals surface area contributed by atoms with Gasteiger partial charge in [0.1, 0.15) is 23.0 Å². The van der Waals surface area contributed by atoms with Gasteiger partial charge >= 0.3 is 5.97 Å². The number of nitrogens with one attached hydrogen (secondary N) is 1. The maximum Gasteiger partial charge on any atom is 0.352 e. The molecule has 158 valence electrons. The second-order valence-electron chi connectivity index (χ2n) is 7.35. The number of hydrogen-bond donors (Lipinski definition) is 2. The summed E-state index contributed by atoms with van der Waals surface area (Å²) in [5.41, 5.74) is 0.405. The van der Waals surface area contributed by atoms with Crippen molar-refractivity contribution in [2.45, 2.75) is 38.5 Å². The summed E-state index contributed by atoms with van der Waals surface area (Å²) in [5, 5.41) is 12.1. The molecule has 1 amide bonds. The molecule has 0 bridgehead atoms. The van der Waals surface area contributed by atoms with Gasteiger partial charge in [-0.3, -0.25) is 4.79 Å². The van der Waals surface area contributed by atoms with E-state index in [1.165, 1.54) is 31.1 Å². The maximum absolute atomic E-state index is 13.1. The first-order chi connectivity index (χ1) is 14.4. The minimum atomic E-state index is -1.21. The van der Waals surface area contributed by atoms with Crippen LogP contribution in [0.25, 0.3) is 6.08 Å². The summed E-state index contributed by atoms with van der Waals surface area (Å²) in [5.74, 6) is -0.626. The number of carbonyl (C=O) groups excluding carboxylic acids is 1. The van der Waals surface area contributed by atoms with E-state index in [0.717, 1.165) is 25.3 Å². The summed E-state index contributed by atoms with van der Waals surface area (Å²) in [7, 11) is 0. The Hall–Kier alpha value is -2.86. The van der Waals surface area contributed by atoms with E-state index < -0.39 is 11.8 Å². The molecule has 0 radical (unpaired) electrons. The van der Waals surface area contributed by atoms with Crippen LogP contribution in [-0.4, -0.2) is 17.0 Å². The van der Waals surface area contributed by atoms with E-state index in [9.17, 15) is 19.1 Å². The molecule has 0 atom stereocenters. The van der Waals surface area contributed by atoms with Gasteiger partial charge in [-0.15, -0.1) is 0 Å². The van der Waals surface area contributed by atoms with Crippen molar-refractivity contribution in [1.82, 2.24) is 5.32 Å². The van der Waals surface area contributed by atoms with Gasteiger partial charge in [0.05, 0.1) is 5.02 Å². The molecule has 30 heavy (non-hydrogen) atoms. The van der Waals surface area contributed by atoms with Crippen LogP contribution in [0, 0.1) is 11.7 Å². The van der Waals surface area contributed by atoms with Crippen LogP contribution >= 0.6 is 11.6 Å². The zero-order valence-corrected chi connectivity index (χ0v) is 17.1. The number of carboxylic acids is 1. The van der Waals surface area contributed by atoms with Crippen molar-refractivity contribution < 1.29 is 23.8 Å². The molecule has 2 aromatic rings. The topological polar surface area (TPSA) is 75.6 Å². The van der Waals surface area contributed by atoms with Gasteiger partial charge < -0.3 is 15.2 Å². The molecule has 2 N–H and O–H groups in total. The summed E-state index contributed by atoms with van der Waals surface area (Å²) in [6.45, 7) is 0. The van der Waals surface area contributed by atoms with Crippen LogP contribution in [-0.2, 0) is 9.59 Å². The monoisotopic (exact) mass is 431 g/mol. The Morgan fingerprint density at radius 3 is 2.50 bits per heavy atom. The van der Waals surface area contributed by atoms with E-state index in [2.05, 4.69) is 5.32 Å². The lowest BCUT2D eigenvalue weighted by Gasteiger charge is -2.10. The first-order valence-electron chi connectivity index (χ1n) is 9.88. The number of carbonyl (C=O) groups is 2. The highest BCUT2D eigenvalue weighted by atomic mass is 35.5. The molecule has 0 aromatic heterocycles. The summed E-state index contributed by atoms with van der Waals surface area (Å²) in [6, 6.07) is 10.4. The van der Waals surface area contributed by atoms with Crippen LogP contribution in [0.1, 0.15) is 44.1 Å². The lowest BCUT2D eigenvalue weighted by atomic mass is 10.0. The fourth-order valence-corrected chi connectivity index (χ4v) is 3.69. The van der Waals surface area contributed by atoms with Crippen molar-refractivity contribution in [3.05, 3.63) is 64.6 Å². The molecule has 1 fully saturated rings. The first-order valence-corrected chi connectivity index (χ1v) is 10.3. The van der Waals surface area contributed by atoms with Gasteiger partial charge in [0.15, 0.2) is 0 Å². The summed E-state index contributed by atoms with van der Waals surface area (Å²) >= 11 is 5.95. The smallest absolute Gasteiger partial charge is 0.352 e. The lowest BCUT2D eigenvalue weighted by Crippen LogP contribution is -2.27. The standard InChI is InChI=1S/C23H23ClFNO4/c24-19-14-17(25)8-11-21(19)30-18-9-5-16(6-10-18)13-20(23(28)29)26-22(27)12-7-15-3-1-2-4-15/h5-6,8-11,13-15H,1-4,7,12H2,(H,26,27)(H,28,29)/b20-13-. The van der Waals surface area contributed by atoms with E-state index in [1.54, 1.807) is 24.3 Å². The summed E-state index contributed by atoms with van der Waals surface area (Å²) < 4.78 is 18.7. The highest BCUT2D eigenvalue weighted by Gasteiger charge is 2.17. The van der Waals surface area contributed by atoms with Crippen molar-refractivity contribution in [3.8, 4) is 11.5 Å². The second-order valence-corrected chi connectivity index (χ2v) is 7.75. The van der Waals surface area contributed by atoms with E-state index in [-0.39, 0.29) is 16.6 Å². The Bertz CT molecular complexity index is 937. The van der Waals surface area contributed by atoms with Crippen LogP contribution in [0.4, 0.5) is 4.39 Å². The molecule has 1 saturated carbocycles. The highest BCUT2D eigenvalue weighted by molar-refractivity contribution is 6.32. The predicted octanol–water partition coefficient (Wildman–Crippen LogP) is 5.78. The average Bonchev–Trinajstić information content (AvgIpc) is 3.23. The molecule has 1 aliphatic carbocycles. The number of hydrogen-bond acceptors (Lipinski definition) is 3. The van der Waals surface area contributed by atoms with Crippen LogP contribution < -0.4 is 10.1 Å². The molecule has 0 aliphatic heterocycles. The third-order valence-electron chi connectivity index (χ3n) is 5.07. The number of halogens is 2. The molecule has 3 rings (SSSR count). The summed E-state index contributed by atoms with van der Waals surface area (Å²) in [6.07, 6.45) is 7.21. The predicted molar refractivity (Wildman–Crippen MR) is 113 cm³/mol. The van der Waals surface area contributed by atoms with Gasteiger partial charge in [0, 0.05) is 6.42 Å². The SMILES string of the molecule is O=C(CCC1CCCC1)N/C(=C\c1ccc(Oc2ccc(F)cc2Cl)cc1)C(=O)O. The van der Waals surface area contributed by atoms with E-state index >= 15 is 0 Å². The zero-order valence-electron chi connectivity index (χ0n) is 16.4. The minimum Gasteiger partial charge on any atom is -0.477 e. The fourth-order valence-electron chi connectivity index (χ4n) is 3.48. The molecule has 0 heterocycles. The van der Waals surface area contributed by atoms with Gasteiger partial charge in [0.25, 0.3) is 0 Å². The molecule has 2 aromatic carbocycles. The molecule has 7 heteroatoms. The van der Waals surface area contributed by atoms with E-state index in [0.29, 0.717) is 29.4 Å². The zero-order chi connectivity index (χ0) is 21.5. The summed E-state index contributed by atoms with van der Waals surface area (Å²) in [4.78, 5) is 23.7. The maximum atomic E-state index is 13.1. The molecule has 1 aliphatic rings. The van der Waals surface area contributed by atoms with Gasteiger partial charge in [0.2, 0.25) is 5.91 Å². The van der Waals surface area contributed by atoms with Gasteiger partial charge in [-0.2, -0.15) is 0 Å². The van der Waals surface area contributed by atoms with Crippen molar-refractivity contribution in [2.24, 2.45) is 5.92 Å². The van der Waals surface area contributed by atoms with Crippen molar-refractivity contribution >= 4 is 29.6 Å². The Morgan fingerprint density at radius 2 is 1.87 bits per heavy atom. The van der Waals surface area contributed by atoms with Crippen molar-refractivity contribution in [3.63, 3.8) is 0 Å². The van der Waals surface area contributed by atoms with Crippen molar-refractivity contribution in [2.75, 3.05) is 0 Å². The van der Waals surface area contributed by atoms with E-state index in [4.69, 9.17) is 16.3 Å². The fraction of sp³-hybridized carbons (Fsp3) is 0.304. The van der Waals surface area contributed by atoms with Gasteiger partial charge in [-0.1, -0.05) is 49.4 Å². The first kappa shape index (κ1) is 21.8. The molecule has 0 unspecified atom stereocenters. The number of amides is 1. The van der Waals surface area contributed by atoms with Crippen LogP contribution in [0.2, 0.25) is 5.02 Å². The molecule has 5 nitrogen and oxygen atoms in total. The number of rotatable bonds is 8. The van der Waals surface area contributed by atoms with Crippen LogP contribution in [0.5, 0.6) is 11.5 Å². The minimum absolute atomic E-state index is 0.146. The molecular formula is C23H23ClFNO4. The number of aliphatic carboxylic acids is 1. The van der Waals surface area contributed by atoms with Gasteiger partial charge in [-0.05, 0) is 54.3 Å². The number of benzene rings is 2. The number of ether oxygens (including phenoxy) is 1. The highest BCUT2D eigenvalue weighted by Crippen LogP contribution is 2.30. The molecule has 0 spiro atoms. The molecule has 0 saturated heterocycles. The Balaban J connectivity index is 1.62. The van der Waals surface area contributed by atoms with Crippen molar-refractivity contribution in [1.29, 1.82) is 0 Å². The lowest BCUT2D eigenvalue weighted by molar-refractivity contribution is -0.134. The number of carboxylic acid groups (broad SMARTS) is 1.